The van der Waals surface area contributed by atoms with Crippen LogP contribution in [0.15, 0.2) is 21.9 Å². The summed E-state index contributed by atoms with van der Waals surface area (Å²) >= 11 is 1.23. The maximum Gasteiger partial charge on any atom is 0.239 e. The van der Waals surface area contributed by atoms with Crippen LogP contribution in [-0.4, -0.2) is 16.7 Å². The average molecular weight is 248 g/mol. The lowest BCUT2D eigenvalue weighted by Gasteiger charge is -2.07. The molecule has 1 aliphatic carbocycles. The van der Waals surface area contributed by atoms with E-state index in [1.165, 1.54) is 24.3 Å². The van der Waals surface area contributed by atoms with Gasteiger partial charge in [-0.15, -0.1) is 11.3 Å². The van der Waals surface area contributed by atoms with Crippen molar-refractivity contribution < 1.29 is 19.1 Å². The summed E-state index contributed by atoms with van der Waals surface area (Å²) in [5.41, 5.74) is 0.669. The fraction of sp³-hybridized carbons (Fsp3) is 0.167. The zero-order valence-electron chi connectivity index (χ0n) is 8.89. The molecular weight excluding hydrogens is 240 g/mol. The number of thiophene rings is 1. The number of furan rings is 1. The summed E-state index contributed by atoms with van der Waals surface area (Å²) in [5, 5.41) is 11.1. The van der Waals surface area contributed by atoms with Gasteiger partial charge in [0, 0.05) is 5.56 Å². The van der Waals surface area contributed by atoms with E-state index in [-0.39, 0.29) is 28.7 Å². The summed E-state index contributed by atoms with van der Waals surface area (Å²) in [6, 6.07) is 3.08. The minimum absolute atomic E-state index is 0.0425. The van der Waals surface area contributed by atoms with E-state index in [1.807, 2.05) is 0 Å². The van der Waals surface area contributed by atoms with Gasteiger partial charge >= 0.3 is 0 Å². The van der Waals surface area contributed by atoms with E-state index in [1.54, 1.807) is 11.4 Å². The summed E-state index contributed by atoms with van der Waals surface area (Å²) in [7, 11) is 0. The Morgan fingerprint density at radius 1 is 1.29 bits per heavy atom. The molecule has 0 aliphatic heterocycles. The Hall–Kier alpha value is -1.72. The van der Waals surface area contributed by atoms with E-state index >= 15 is 0 Å². The zero-order chi connectivity index (χ0) is 12.2. The highest BCUT2D eigenvalue weighted by molar-refractivity contribution is 7.12. The normalized spacial score (nSPS) is 15.6. The van der Waals surface area contributed by atoms with Crippen LogP contribution in [0.1, 0.15) is 50.1 Å². The number of hydrogen-bond donors (Lipinski definition) is 1. The van der Waals surface area contributed by atoms with Gasteiger partial charge in [-0.25, -0.2) is 0 Å². The van der Waals surface area contributed by atoms with Crippen LogP contribution in [0.25, 0.3) is 0 Å². The van der Waals surface area contributed by atoms with Crippen LogP contribution in [-0.2, 0) is 0 Å². The number of hydrogen-bond acceptors (Lipinski definition) is 5. The van der Waals surface area contributed by atoms with Crippen LogP contribution >= 0.6 is 11.3 Å². The Morgan fingerprint density at radius 2 is 2.06 bits per heavy atom. The molecule has 2 aromatic heterocycles. The minimum Gasteiger partial charge on any atom is -0.454 e. The van der Waals surface area contributed by atoms with Crippen LogP contribution < -0.4 is 0 Å². The first kappa shape index (κ1) is 10.4. The third-order valence-electron chi connectivity index (χ3n) is 2.73. The van der Waals surface area contributed by atoms with Crippen LogP contribution in [0, 0.1) is 0 Å². The monoisotopic (exact) mass is 248 g/mol. The van der Waals surface area contributed by atoms with Crippen molar-refractivity contribution in [1.29, 1.82) is 0 Å². The van der Waals surface area contributed by atoms with Gasteiger partial charge in [0.1, 0.15) is 11.9 Å². The van der Waals surface area contributed by atoms with Crippen molar-refractivity contribution in [2.24, 2.45) is 0 Å². The molecule has 17 heavy (non-hydrogen) atoms. The Morgan fingerprint density at radius 3 is 2.76 bits per heavy atom. The van der Waals surface area contributed by atoms with Gasteiger partial charge in [-0.2, -0.15) is 0 Å². The molecular formula is C12H8O4S. The lowest BCUT2D eigenvalue weighted by Crippen LogP contribution is -2.16. The van der Waals surface area contributed by atoms with Crippen LogP contribution in [0.4, 0.5) is 0 Å². The quantitative estimate of drug-likeness (QED) is 0.716. The molecule has 0 saturated carbocycles. The third kappa shape index (κ3) is 1.33. The van der Waals surface area contributed by atoms with Gasteiger partial charge in [0.15, 0.2) is 11.5 Å². The van der Waals surface area contributed by atoms with Crippen LogP contribution in [0.5, 0.6) is 0 Å². The molecule has 1 N–H and O–H groups in total. The SMILES string of the molecule is CC(O)c1cc2c(o1)C(=O)c1sccc1C2=O. The van der Waals surface area contributed by atoms with Gasteiger partial charge in [0.2, 0.25) is 5.78 Å². The van der Waals surface area contributed by atoms with Gasteiger partial charge in [-0.3, -0.25) is 9.59 Å². The lowest BCUT2D eigenvalue weighted by molar-refractivity contribution is 0.0957. The molecule has 0 fully saturated rings. The largest absolute Gasteiger partial charge is 0.454 e. The number of carbonyl (C=O) groups is 2. The summed E-state index contributed by atoms with van der Waals surface area (Å²) in [6.07, 6.45) is -0.834. The highest BCUT2D eigenvalue weighted by Gasteiger charge is 2.35. The molecule has 0 amide bonds. The average Bonchev–Trinajstić information content (AvgIpc) is 2.92. The molecule has 0 radical (unpaired) electrons. The Labute approximate surface area is 100 Å². The van der Waals surface area contributed by atoms with Gasteiger partial charge in [-0.1, -0.05) is 0 Å². The Balaban J connectivity index is 2.23. The van der Waals surface area contributed by atoms with Crippen molar-refractivity contribution in [3.05, 3.63) is 45.0 Å². The minimum atomic E-state index is -0.834. The molecule has 0 spiro atoms. The summed E-state index contributed by atoms with van der Waals surface area (Å²) in [5.74, 6) is -0.212. The van der Waals surface area contributed by atoms with Gasteiger partial charge in [-0.05, 0) is 24.4 Å². The third-order valence-corrected chi connectivity index (χ3v) is 3.64. The van der Waals surface area contributed by atoms with Crippen LogP contribution in [0.2, 0.25) is 0 Å². The fourth-order valence-electron chi connectivity index (χ4n) is 1.87. The molecule has 1 atom stereocenters. The van der Waals surface area contributed by atoms with E-state index < -0.39 is 6.10 Å². The van der Waals surface area contributed by atoms with E-state index in [0.29, 0.717) is 10.4 Å². The molecule has 3 rings (SSSR count). The fourth-order valence-corrected chi connectivity index (χ4v) is 2.69. The molecule has 4 nitrogen and oxygen atoms in total. The van der Waals surface area contributed by atoms with E-state index in [4.69, 9.17) is 4.42 Å². The van der Waals surface area contributed by atoms with Crippen LogP contribution in [0.3, 0.4) is 0 Å². The molecule has 5 heteroatoms. The van der Waals surface area contributed by atoms with Crippen molar-refractivity contribution in [2.75, 3.05) is 0 Å². The summed E-state index contributed by atoms with van der Waals surface area (Å²) < 4.78 is 5.26. The van der Waals surface area contributed by atoms with E-state index in [0.717, 1.165) is 0 Å². The number of carbonyl (C=O) groups excluding carboxylic acids is 2. The lowest BCUT2D eigenvalue weighted by atomic mass is 9.95. The molecule has 2 aromatic rings. The predicted octanol–water partition coefficient (Wildman–Crippen LogP) is 2.17. The topological polar surface area (TPSA) is 67.5 Å². The highest BCUT2D eigenvalue weighted by atomic mass is 32.1. The predicted molar refractivity (Wildman–Crippen MR) is 60.5 cm³/mol. The number of aliphatic hydroxyl groups is 1. The number of fused-ring (bicyclic) bond motifs is 2. The second-order valence-electron chi connectivity index (χ2n) is 3.89. The Bertz CT molecular complexity index is 585. The second-order valence-corrected chi connectivity index (χ2v) is 4.81. The number of aliphatic hydroxyl groups excluding tert-OH is 1. The number of rotatable bonds is 1. The summed E-state index contributed by atoms with van der Waals surface area (Å²) in [6.45, 7) is 1.52. The molecule has 0 saturated heterocycles. The molecule has 1 aliphatic rings. The highest BCUT2D eigenvalue weighted by Crippen LogP contribution is 2.33. The van der Waals surface area contributed by atoms with Gasteiger partial charge < -0.3 is 9.52 Å². The Kier molecular flexibility index (Phi) is 2.08. The summed E-state index contributed by atoms with van der Waals surface area (Å²) in [4.78, 5) is 24.5. The van der Waals surface area contributed by atoms with E-state index in [2.05, 4.69) is 0 Å². The molecule has 1 unspecified atom stereocenters. The van der Waals surface area contributed by atoms with Crippen molar-refractivity contribution in [3.63, 3.8) is 0 Å². The maximum absolute atomic E-state index is 12.1. The van der Waals surface area contributed by atoms with Gasteiger partial charge in [0.05, 0.1) is 10.4 Å². The first-order valence-corrected chi connectivity index (χ1v) is 5.96. The first-order valence-electron chi connectivity index (χ1n) is 5.08. The molecule has 0 bridgehead atoms. The van der Waals surface area contributed by atoms with E-state index in [9.17, 15) is 14.7 Å². The molecule has 86 valence electrons. The van der Waals surface area contributed by atoms with Crippen molar-refractivity contribution >= 4 is 22.9 Å². The second kappa shape index (κ2) is 3.38. The maximum atomic E-state index is 12.1. The zero-order valence-corrected chi connectivity index (χ0v) is 9.71. The standard InChI is InChI=1S/C12H8O4S/c1-5(13)8-4-7-9(14)6-2-3-17-12(6)10(15)11(7)16-8/h2-5,13H,1H3. The van der Waals surface area contributed by atoms with Crippen molar-refractivity contribution in [1.82, 2.24) is 0 Å². The first-order chi connectivity index (χ1) is 8.09. The van der Waals surface area contributed by atoms with Crippen molar-refractivity contribution in [2.45, 2.75) is 13.0 Å². The number of ketones is 2. The van der Waals surface area contributed by atoms with Gasteiger partial charge in [0.25, 0.3) is 0 Å². The molecule has 2 heterocycles. The smallest absolute Gasteiger partial charge is 0.239 e. The molecule has 0 aromatic carbocycles. The van der Waals surface area contributed by atoms with Crippen molar-refractivity contribution in [3.8, 4) is 0 Å².